The number of aliphatic hydroxyl groups excluding tert-OH is 1. The van der Waals surface area contributed by atoms with Gasteiger partial charge in [-0.15, -0.1) is 0 Å². The van der Waals surface area contributed by atoms with Gasteiger partial charge in [0.25, 0.3) is 0 Å². The summed E-state index contributed by atoms with van der Waals surface area (Å²) in [6.45, 7) is -0.122. The number of benzene rings is 1. The number of methoxy groups -OCH3 is 1. The second-order valence-electron chi connectivity index (χ2n) is 3.24. The molecular weight excluding hydrogens is 218 g/mol. The molecule has 4 nitrogen and oxygen atoms in total. The number of rotatable bonds is 4. The molecule has 0 saturated heterocycles. The van der Waals surface area contributed by atoms with Gasteiger partial charge in [-0.1, -0.05) is 17.7 Å². The molecule has 1 aromatic rings. The predicted molar refractivity (Wildman–Crippen MR) is 58.4 cm³/mol. The Morgan fingerprint density at radius 3 is 2.73 bits per heavy atom. The molecule has 0 saturated carbocycles. The Kier molecular flexibility index (Phi) is 4.20. The molecule has 0 amide bonds. The number of ether oxygens (including phenoxy) is 1. The second-order valence-corrected chi connectivity index (χ2v) is 3.61. The van der Waals surface area contributed by atoms with Gasteiger partial charge >= 0.3 is 0 Å². The van der Waals surface area contributed by atoms with E-state index in [9.17, 15) is 5.11 Å². The van der Waals surface area contributed by atoms with Gasteiger partial charge in [0.2, 0.25) is 0 Å². The number of nitrogens with two attached hydrogens (primary N) is 1. The number of hydrogen-bond acceptors (Lipinski definition) is 4. The summed E-state index contributed by atoms with van der Waals surface area (Å²) >= 11 is 5.91. The van der Waals surface area contributed by atoms with Crippen LogP contribution in [0.5, 0.6) is 11.5 Å². The van der Waals surface area contributed by atoms with Crippen LogP contribution in [0.15, 0.2) is 12.1 Å². The molecule has 1 rings (SSSR count). The van der Waals surface area contributed by atoms with E-state index in [-0.39, 0.29) is 23.4 Å². The quantitative estimate of drug-likeness (QED) is 0.720. The third kappa shape index (κ3) is 2.75. The molecule has 0 aromatic heterocycles. The number of hydrogen-bond donors (Lipinski definition) is 3. The van der Waals surface area contributed by atoms with E-state index in [1.54, 1.807) is 12.1 Å². The van der Waals surface area contributed by atoms with Crippen LogP contribution in [0.2, 0.25) is 5.02 Å². The lowest BCUT2D eigenvalue weighted by Crippen LogP contribution is -2.26. The summed E-state index contributed by atoms with van der Waals surface area (Å²) in [7, 11) is 1.45. The lowest BCUT2D eigenvalue weighted by Gasteiger charge is -2.12. The number of phenols is 1. The normalized spacial score (nSPS) is 12.5. The lowest BCUT2D eigenvalue weighted by atomic mass is 10.1. The van der Waals surface area contributed by atoms with Crippen LogP contribution < -0.4 is 10.5 Å². The highest BCUT2D eigenvalue weighted by atomic mass is 35.5. The van der Waals surface area contributed by atoms with E-state index in [0.29, 0.717) is 17.7 Å². The molecule has 84 valence electrons. The first-order valence-electron chi connectivity index (χ1n) is 4.51. The maximum absolute atomic E-state index is 9.60. The van der Waals surface area contributed by atoms with Gasteiger partial charge < -0.3 is 20.7 Å². The van der Waals surface area contributed by atoms with Gasteiger partial charge in [-0.3, -0.25) is 0 Å². The zero-order valence-corrected chi connectivity index (χ0v) is 9.16. The van der Waals surface area contributed by atoms with Gasteiger partial charge in [-0.05, 0) is 18.1 Å². The highest BCUT2D eigenvalue weighted by Crippen LogP contribution is 2.36. The van der Waals surface area contributed by atoms with E-state index in [0.717, 1.165) is 0 Å². The molecule has 0 aliphatic carbocycles. The maximum atomic E-state index is 9.60. The van der Waals surface area contributed by atoms with Crippen molar-refractivity contribution in [2.45, 2.75) is 12.5 Å². The fourth-order valence-electron chi connectivity index (χ4n) is 1.26. The van der Waals surface area contributed by atoms with E-state index in [2.05, 4.69) is 0 Å². The SMILES string of the molecule is COc1ccc(CC(N)CO)c(Cl)c1O. The van der Waals surface area contributed by atoms with Crippen LogP contribution in [0.3, 0.4) is 0 Å². The molecule has 1 unspecified atom stereocenters. The van der Waals surface area contributed by atoms with Crippen LogP contribution in [-0.4, -0.2) is 30.0 Å². The summed E-state index contributed by atoms with van der Waals surface area (Å²) in [6.07, 6.45) is 0.410. The van der Waals surface area contributed by atoms with Crippen LogP contribution in [0.1, 0.15) is 5.56 Å². The molecule has 0 spiro atoms. The van der Waals surface area contributed by atoms with Gasteiger partial charge in [0, 0.05) is 6.04 Å². The first-order chi connectivity index (χ1) is 7.10. The Morgan fingerprint density at radius 2 is 2.20 bits per heavy atom. The Bertz CT molecular complexity index is 344. The average molecular weight is 232 g/mol. The van der Waals surface area contributed by atoms with Crippen molar-refractivity contribution in [1.82, 2.24) is 0 Å². The molecule has 15 heavy (non-hydrogen) atoms. The number of aliphatic hydroxyl groups is 1. The molecule has 0 fully saturated rings. The van der Waals surface area contributed by atoms with Crippen molar-refractivity contribution in [3.8, 4) is 11.5 Å². The maximum Gasteiger partial charge on any atom is 0.177 e. The molecule has 4 N–H and O–H groups in total. The van der Waals surface area contributed by atoms with Crippen molar-refractivity contribution in [3.63, 3.8) is 0 Å². The molecule has 0 aliphatic rings. The van der Waals surface area contributed by atoms with Crippen LogP contribution >= 0.6 is 11.6 Å². The van der Waals surface area contributed by atoms with Crippen molar-refractivity contribution >= 4 is 11.6 Å². The lowest BCUT2D eigenvalue weighted by molar-refractivity contribution is 0.265. The van der Waals surface area contributed by atoms with E-state index < -0.39 is 0 Å². The van der Waals surface area contributed by atoms with Gasteiger partial charge in [0.05, 0.1) is 18.7 Å². The molecule has 0 bridgehead atoms. The molecule has 0 aliphatic heterocycles. The zero-order valence-electron chi connectivity index (χ0n) is 8.40. The van der Waals surface area contributed by atoms with E-state index in [4.69, 9.17) is 27.2 Å². The van der Waals surface area contributed by atoms with Gasteiger partial charge in [0.15, 0.2) is 11.5 Å². The Hall–Kier alpha value is -0.970. The fraction of sp³-hybridized carbons (Fsp3) is 0.400. The summed E-state index contributed by atoms with van der Waals surface area (Å²) in [5, 5.41) is 18.6. The number of halogens is 1. The molecule has 1 aromatic carbocycles. The van der Waals surface area contributed by atoms with Crippen molar-refractivity contribution in [2.75, 3.05) is 13.7 Å². The van der Waals surface area contributed by atoms with Crippen LogP contribution in [0, 0.1) is 0 Å². The van der Waals surface area contributed by atoms with Crippen LogP contribution in [0.25, 0.3) is 0 Å². The smallest absolute Gasteiger partial charge is 0.177 e. The highest BCUT2D eigenvalue weighted by molar-refractivity contribution is 6.33. The third-order valence-corrected chi connectivity index (χ3v) is 2.52. The predicted octanol–water partition coefficient (Wildman–Crippen LogP) is 0.916. The minimum atomic E-state index is -0.379. The largest absolute Gasteiger partial charge is 0.503 e. The zero-order chi connectivity index (χ0) is 11.4. The van der Waals surface area contributed by atoms with Crippen LogP contribution in [0.4, 0.5) is 0 Å². The molecule has 0 heterocycles. The minimum Gasteiger partial charge on any atom is -0.503 e. The standard InChI is InChI=1S/C10H14ClNO3/c1-15-8-3-2-6(4-7(12)5-13)9(11)10(8)14/h2-3,7,13-14H,4-5,12H2,1H3. The van der Waals surface area contributed by atoms with Crippen LogP contribution in [-0.2, 0) is 6.42 Å². The summed E-state index contributed by atoms with van der Waals surface area (Å²) in [5.74, 6) is 0.225. The summed E-state index contributed by atoms with van der Waals surface area (Å²) < 4.78 is 4.90. The van der Waals surface area contributed by atoms with Gasteiger partial charge in [-0.25, -0.2) is 0 Å². The molecule has 5 heteroatoms. The summed E-state index contributed by atoms with van der Waals surface area (Å²) in [6, 6.07) is 2.95. The summed E-state index contributed by atoms with van der Waals surface area (Å²) in [4.78, 5) is 0. The monoisotopic (exact) mass is 231 g/mol. The first-order valence-corrected chi connectivity index (χ1v) is 4.88. The first kappa shape index (κ1) is 12.1. The van der Waals surface area contributed by atoms with Crippen molar-refractivity contribution in [3.05, 3.63) is 22.7 Å². The third-order valence-electron chi connectivity index (χ3n) is 2.10. The number of aromatic hydroxyl groups is 1. The molecular formula is C10H14ClNO3. The van der Waals surface area contributed by atoms with Gasteiger partial charge in [-0.2, -0.15) is 0 Å². The van der Waals surface area contributed by atoms with E-state index in [1.165, 1.54) is 7.11 Å². The van der Waals surface area contributed by atoms with Crippen molar-refractivity contribution in [1.29, 1.82) is 0 Å². The van der Waals surface area contributed by atoms with E-state index >= 15 is 0 Å². The molecule has 1 atom stereocenters. The van der Waals surface area contributed by atoms with Crippen molar-refractivity contribution < 1.29 is 14.9 Å². The fourth-order valence-corrected chi connectivity index (χ4v) is 1.49. The average Bonchev–Trinajstić information content (AvgIpc) is 2.25. The van der Waals surface area contributed by atoms with Gasteiger partial charge in [0.1, 0.15) is 0 Å². The topological polar surface area (TPSA) is 75.7 Å². The Morgan fingerprint density at radius 1 is 1.53 bits per heavy atom. The van der Waals surface area contributed by atoms with E-state index in [1.807, 2.05) is 0 Å². The Balaban J connectivity index is 2.96. The highest BCUT2D eigenvalue weighted by Gasteiger charge is 2.13. The minimum absolute atomic E-state index is 0.0955. The Labute approximate surface area is 93.2 Å². The molecule has 0 radical (unpaired) electrons. The van der Waals surface area contributed by atoms with Crippen molar-refractivity contribution in [2.24, 2.45) is 5.73 Å². The summed E-state index contributed by atoms with van der Waals surface area (Å²) in [5.41, 5.74) is 6.26. The number of phenolic OH excluding ortho intramolecular Hbond substituents is 1. The second kappa shape index (κ2) is 5.21.